The Morgan fingerprint density at radius 2 is 2.25 bits per heavy atom. The van der Waals surface area contributed by atoms with E-state index in [0.29, 0.717) is 12.5 Å². The highest BCUT2D eigenvalue weighted by molar-refractivity contribution is 5.79. The molecule has 7 nitrogen and oxygen atoms in total. The zero-order valence-electron chi connectivity index (χ0n) is 15.4. The summed E-state index contributed by atoms with van der Waals surface area (Å²) in [6.45, 7) is 8.13. The van der Waals surface area contributed by atoms with Crippen molar-refractivity contribution in [3.63, 3.8) is 0 Å². The Morgan fingerprint density at radius 3 is 2.88 bits per heavy atom. The van der Waals surface area contributed by atoms with Crippen LogP contribution in [-0.4, -0.2) is 65.5 Å². The van der Waals surface area contributed by atoms with E-state index < -0.39 is 5.60 Å². The molecule has 136 valence electrons. The maximum Gasteiger partial charge on any atom is 0.191 e. The smallest absolute Gasteiger partial charge is 0.191 e. The van der Waals surface area contributed by atoms with Gasteiger partial charge in [0.1, 0.15) is 5.60 Å². The second-order valence-electron chi connectivity index (χ2n) is 7.02. The van der Waals surface area contributed by atoms with Crippen molar-refractivity contribution in [1.82, 2.24) is 25.3 Å². The number of aliphatic imine (C=N–C) groups is 1. The number of hydrogen-bond acceptors (Lipinski definition) is 4. The summed E-state index contributed by atoms with van der Waals surface area (Å²) >= 11 is 0. The van der Waals surface area contributed by atoms with E-state index in [0.717, 1.165) is 31.2 Å². The maximum absolute atomic E-state index is 10.6. The highest BCUT2D eigenvalue weighted by Gasteiger charge is 2.25. The number of aromatic nitrogens is 2. The molecule has 0 amide bonds. The lowest BCUT2D eigenvalue weighted by molar-refractivity contribution is 0.0671. The van der Waals surface area contributed by atoms with Crippen molar-refractivity contribution in [2.75, 3.05) is 39.8 Å². The molecule has 7 heteroatoms. The third-order valence-electron chi connectivity index (χ3n) is 4.50. The van der Waals surface area contributed by atoms with Gasteiger partial charge in [-0.05, 0) is 46.2 Å². The van der Waals surface area contributed by atoms with E-state index in [1.807, 2.05) is 20.2 Å². The van der Waals surface area contributed by atoms with E-state index in [2.05, 4.69) is 32.7 Å². The molecular weight excluding hydrogens is 304 g/mol. The number of aryl methyl sites for hydroxylation is 1. The highest BCUT2D eigenvalue weighted by atomic mass is 16.3. The Kier molecular flexibility index (Phi) is 6.62. The van der Waals surface area contributed by atoms with Gasteiger partial charge in [-0.25, -0.2) is 4.99 Å². The second kappa shape index (κ2) is 8.48. The van der Waals surface area contributed by atoms with Crippen molar-refractivity contribution in [2.45, 2.75) is 32.3 Å². The summed E-state index contributed by atoms with van der Waals surface area (Å²) in [6, 6.07) is 0. The summed E-state index contributed by atoms with van der Waals surface area (Å²) in [5.41, 5.74) is -0.250. The molecule has 2 rings (SSSR count). The van der Waals surface area contributed by atoms with Crippen LogP contribution < -0.4 is 10.6 Å². The molecule has 1 saturated heterocycles. The molecule has 2 unspecified atom stereocenters. The Morgan fingerprint density at radius 1 is 1.46 bits per heavy atom. The number of hydrogen-bond donors (Lipinski definition) is 3. The van der Waals surface area contributed by atoms with Crippen LogP contribution in [0, 0.1) is 5.92 Å². The minimum atomic E-state index is -1.03. The van der Waals surface area contributed by atoms with Crippen molar-refractivity contribution in [2.24, 2.45) is 18.0 Å². The molecule has 1 aromatic rings. The van der Waals surface area contributed by atoms with Crippen LogP contribution in [0.2, 0.25) is 0 Å². The first-order valence-corrected chi connectivity index (χ1v) is 8.83. The molecule has 1 fully saturated rings. The minimum Gasteiger partial charge on any atom is -0.383 e. The fraction of sp³-hybridized carbons (Fsp3) is 0.765. The summed E-state index contributed by atoms with van der Waals surface area (Å²) in [5.74, 6) is 1.40. The van der Waals surface area contributed by atoms with Gasteiger partial charge in [-0.3, -0.25) is 4.68 Å². The summed E-state index contributed by atoms with van der Waals surface area (Å²) in [6.07, 6.45) is 6.03. The van der Waals surface area contributed by atoms with Crippen molar-refractivity contribution in [1.29, 1.82) is 0 Å². The number of piperidine rings is 1. The van der Waals surface area contributed by atoms with Gasteiger partial charge in [0.15, 0.2) is 5.96 Å². The van der Waals surface area contributed by atoms with Crippen LogP contribution in [0.4, 0.5) is 0 Å². The van der Waals surface area contributed by atoms with Crippen LogP contribution in [0.1, 0.15) is 32.3 Å². The van der Waals surface area contributed by atoms with Gasteiger partial charge >= 0.3 is 0 Å². The third kappa shape index (κ3) is 5.49. The van der Waals surface area contributed by atoms with Crippen molar-refractivity contribution < 1.29 is 5.11 Å². The van der Waals surface area contributed by atoms with Crippen LogP contribution in [-0.2, 0) is 12.6 Å². The molecule has 0 spiro atoms. The summed E-state index contributed by atoms with van der Waals surface area (Å²) < 4.78 is 1.69. The number of nitrogens with one attached hydrogen (secondary N) is 2. The van der Waals surface area contributed by atoms with Gasteiger partial charge in [0.2, 0.25) is 0 Å². The number of likely N-dealkylation sites (tertiary alicyclic amines) is 1. The molecule has 1 aromatic heterocycles. The Hall–Kier alpha value is -1.60. The molecule has 0 saturated carbocycles. The molecule has 1 aliphatic heterocycles. The number of guanidine groups is 1. The average Bonchev–Trinajstić information content (AvgIpc) is 2.98. The van der Waals surface area contributed by atoms with Gasteiger partial charge in [-0.1, -0.05) is 0 Å². The second-order valence-corrected chi connectivity index (χ2v) is 7.02. The van der Waals surface area contributed by atoms with E-state index >= 15 is 0 Å². The zero-order chi connectivity index (χ0) is 17.6. The standard InChI is InChI=1S/C17H32N6O/c1-5-18-16(19-9-14-7-6-8-22(3)11-14)20-13-17(2,24)15-10-21-23(4)12-15/h10,12,14,24H,5-9,11,13H2,1-4H3,(H2,18,19,20). The summed E-state index contributed by atoms with van der Waals surface area (Å²) in [4.78, 5) is 6.95. The Labute approximate surface area is 145 Å². The minimum absolute atomic E-state index is 0.290. The monoisotopic (exact) mass is 336 g/mol. The van der Waals surface area contributed by atoms with Gasteiger partial charge in [0, 0.05) is 38.4 Å². The normalized spacial score (nSPS) is 22.2. The molecule has 0 aliphatic carbocycles. The fourth-order valence-electron chi connectivity index (χ4n) is 3.05. The lowest BCUT2D eigenvalue weighted by atomic mass is 9.98. The average molecular weight is 336 g/mol. The first-order chi connectivity index (χ1) is 11.4. The molecular formula is C17H32N6O. The topological polar surface area (TPSA) is 77.7 Å². The molecule has 3 N–H and O–H groups in total. The third-order valence-corrected chi connectivity index (χ3v) is 4.50. The summed E-state index contributed by atoms with van der Waals surface area (Å²) in [5, 5.41) is 21.4. The van der Waals surface area contributed by atoms with Crippen LogP contribution in [0.3, 0.4) is 0 Å². The van der Waals surface area contributed by atoms with Crippen LogP contribution in [0.15, 0.2) is 17.4 Å². The van der Waals surface area contributed by atoms with E-state index in [1.165, 1.54) is 19.4 Å². The van der Waals surface area contributed by atoms with Gasteiger partial charge in [-0.15, -0.1) is 0 Å². The van der Waals surface area contributed by atoms with E-state index in [-0.39, 0.29) is 0 Å². The largest absolute Gasteiger partial charge is 0.383 e. The molecule has 0 radical (unpaired) electrons. The van der Waals surface area contributed by atoms with E-state index in [1.54, 1.807) is 17.8 Å². The fourth-order valence-corrected chi connectivity index (χ4v) is 3.05. The predicted molar refractivity (Wildman–Crippen MR) is 97.0 cm³/mol. The number of nitrogens with zero attached hydrogens (tertiary/aromatic N) is 4. The lowest BCUT2D eigenvalue weighted by Gasteiger charge is -2.30. The van der Waals surface area contributed by atoms with E-state index in [9.17, 15) is 5.11 Å². The maximum atomic E-state index is 10.6. The highest BCUT2D eigenvalue weighted by Crippen LogP contribution is 2.20. The predicted octanol–water partition coefficient (Wildman–Crippen LogP) is 0.525. The first kappa shape index (κ1) is 18.7. The van der Waals surface area contributed by atoms with Gasteiger partial charge in [0.05, 0.1) is 12.7 Å². The van der Waals surface area contributed by atoms with Crippen LogP contribution >= 0.6 is 0 Å². The number of aliphatic hydroxyl groups is 1. The van der Waals surface area contributed by atoms with Crippen molar-refractivity contribution in [3.05, 3.63) is 18.0 Å². The zero-order valence-corrected chi connectivity index (χ0v) is 15.4. The Balaban J connectivity index is 1.92. The number of rotatable bonds is 6. The SMILES string of the molecule is CCNC(=NCC(C)(O)c1cnn(C)c1)NCC1CCCN(C)C1. The molecule has 24 heavy (non-hydrogen) atoms. The molecule has 0 bridgehead atoms. The molecule has 0 aromatic carbocycles. The van der Waals surface area contributed by atoms with Crippen LogP contribution in [0.5, 0.6) is 0 Å². The van der Waals surface area contributed by atoms with Crippen molar-refractivity contribution in [3.8, 4) is 0 Å². The first-order valence-electron chi connectivity index (χ1n) is 8.83. The molecule has 2 heterocycles. The Bertz CT molecular complexity index is 539. The van der Waals surface area contributed by atoms with E-state index in [4.69, 9.17) is 0 Å². The van der Waals surface area contributed by atoms with Crippen molar-refractivity contribution >= 4 is 5.96 Å². The lowest BCUT2D eigenvalue weighted by Crippen LogP contribution is -2.44. The molecule has 1 aliphatic rings. The van der Waals surface area contributed by atoms with Gasteiger partial charge < -0.3 is 20.6 Å². The summed E-state index contributed by atoms with van der Waals surface area (Å²) in [7, 11) is 4.02. The quantitative estimate of drug-likeness (QED) is 0.522. The van der Waals surface area contributed by atoms with Crippen LogP contribution in [0.25, 0.3) is 0 Å². The van der Waals surface area contributed by atoms with Gasteiger partial charge in [0.25, 0.3) is 0 Å². The van der Waals surface area contributed by atoms with Gasteiger partial charge in [-0.2, -0.15) is 5.10 Å². The molecule has 2 atom stereocenters.